The summed E-state index contributed by atoms with van der Waals surface area (Å²) in [5.74, 6) is -1.34. The Bertz CT molecular complexity index is 987. The van der Waals surface area contributed by atoms with Crippen molar-refractivity contribution in [1.29, 1.82) is 0 Å². The summed E-state index contributed by atoms with van der Waals surface area (Å²) in [4.78, 5) is 26.1. The van der Waals surface area contributed by atoms with Crippen molar-refractivity contribution in [3.8, 4) is 0 Å². The van der Waals surface area contributed by atoms with Gasteiger partial charge in [0.05, 0.1) is 21.1 Å². The van der Waals surface area contributed by atoms with Crippen molar-refractivity contribution >= 4 is 38.5 Å². The van der Waals surface area contributed by atoms with E-state index in [2.05, 4.69) is 21.2 Å². The largest absolute Gasteiger partial charge is 0.477 e. The number of carboxylic acids is 1. The normalized spacial score (nSPS) is 19.8. The van der Waals surface area contributed by atoms with Gasteiger partial charge in [0.2, 0.25) is 5.43 Å². The summed E-state index contributed by atoms with van der Waals surface area (Å²) in [6.45, 7) is 2.36. The summed E-state index contributed by atoms with van der Waals surface area (Å²) in [7, 11) is 1.91. The van der Waals surface area contributed by atoms with Crippen LogP contribution in [-0.2, 0) is 0 Å². The van der Waals surface area contributed by atoms with Crippen LogP contribution in [0.4, 0.5) is 10.1 Å². The molecular formula is C19H21BrFN3O3. The second-order valence-corrected chi connectivity index (χ2v) is 8.18. The molecule has 1 atom stereocenters. The number of hydrogen-bond acceptors (Lipinski definition) is 4. The quantitative estimate of drug-likeness (QED) is 0.751. The van der Waals surface area contributed by atoms with Gasteiger partial charge in [-0.15, -0.1) is 0 Å². The SMILES string of the molecule is CNCC1CCN(c2c(F)cc3c(=O)c(C(=O)O)cn(C4CC4)c3c2Br)C1. The summed E-state index contributed by atoms with van der Waals surface area (Å²) >= 11 is 3.54. The van der Waals surface area contributed by atoms with Crippen LogP contribution in [0.15, 0.2) is 21.5 Å². The Morgan fingerprint density at radius 3 is 2.78 bits per heavy atom. The van der Waals surface area contributed by atoms with Crippen LogP contribution in [0.25, 0.3) is 10.9 Å². The molecule has 1 aromatic carbocycles. The summed E-state index contributed by atoms with van der Waals surface area (Å²) in [5, 5.41) is 12.6. The van der Waals surface area contributed by atoms with E-state index >= 15 is 4.39 Å². The molecule has 2 heterocycles. The van der Waals surface area contributed by atoms with Crippen LogP contribution in [0.5, 0.6) is 0 Å². The van der Waals surface area contributed by atoms with Gasteiger partial charge in [-0.05, 0) is 60.8 Å². The minimum absolute atomic E-state index is 0.112. The monoisotopic (exact) mass is 437 g/mol. The number of pyridine rings is 1. The van der Waals surface area contributed by atoms with E-state index in [9.17, 15) is 14.7 Å². The number of hydrogen-bond donors (Lipinski definition) is 2. The van der Waals surface area contributed by atoms with Crippen LogP contribution >= 0.6 is 15.9 Å². The lowest BCUT2D eigenvalue weighted by atomic mass is 10.1. The van der Waals surface area contributed by atoms with E-state index in [0.717, 1.165) is 38.9 Å². The van der Waals surface area contributed by atoms with Crippen LogP contribution in [-0.4, -0.2) is 42.3 Å². The summed E-state index contributed by atoms with van der Waals surface area (Å²) in [5.41, 5.74) is 0.0812. The van der Waals surface area contributed by atoms with Gasteiger partial charge in [-0.3, -0.25) is 4.79 Å². The molecule has 0 spiro atoms. The Morgan fingerprint density at radius 2 is 2.15 bits per heavy atom. The minimum Gasteiger partial charge on any atom is -0.477 e. The summed E-state index contributed by atoms with van der Waals surface area (Å²) in [6, 6.07) is 1.35. The predicted octanol–water partition coefficient (Wildman–Crippen LogP) is 2.98. The standard InChI is InChI=1S/C19H21BrFN3O3/c1-22-7-10-4-5-23(8-10)17-14(21)6-12-16(15(17)20)24(11-2-3-11)9-13(18(12)25)19(26)27/h6,9-11,22H,2-5,7-8H2,1H3,(H,26,27). The lowest BCUT2D eigenvalue weighted by molar-refractivity contribution is 0.0695. The molecule has 2 fully saturated rings. The van der Waals surface area contributed by atoms with Gasteiger partial charge in [0.15, 0.2) is 0 Å². The minimum atomic E-state index is -1.29. The Kier molecular flexibility index (Phi) is 4.71. The van der Waals surface area contributed by atoms with Crippen molar-refractivity contribution in [2.75, 3.05) is 31.6 Å². The molecule has 4 rings (SSSR count). The molecule has 1 aliphatic carbocycles. The third-order valence-corrected chi connectivity index (χ3v) is 6.20. The zero-order valence-electron chi connectivity index (χ0n) is 15.0. The second kappa shape index (κ2) is 6.91. The Balaban J connectivity index is 1.91. The van der Waals surface area contributed by atoms with Gasteiger partial charge in [-0.1, -0.05) is 0 Å². The van der Waals surface area contributed by atoms with Crippen molar-refractivity contribution in [3.05, 3.63) is 38.3 Å². The Labute approximate surface area is 164 Å². The van der Waals surface area contributed by atoms with Crippen molar-refractivity contribution in [3.63, 3.8) is 0 Å². The molecule has 2 aromatic rings. The van der Waals surface area contributed by atoms with E-state index in [0.29, 0.717) is 21.6 Å². The number of anilines is 1. The van der Waals surface area contributed by atoms with E-state index in [1.807, 2.05) is 16.5 Å². The lowest BCUT2D eigenvalue weighted by Gasteiger charge is -2.23. The number of nitrogens with zero attached hydrogens (tertiary/aromatic N) is 2. The van der Waals surface area contributed by atoms with Gasteiger partial charge in [0, 0.05) is 25.3 Å². The second-order valence-electron chi connectivity index (χ2n) is 7.39. The Hall–Kier alpha value is -1.93. The first-order chi connectivity index (χ1) is 12.9. The molecule has 0 radical (unpaired) electrons. The van der Waals surface area contributed by atoms with Crippen LogP contribution in [0.3, 0.4) is 0 Å². The van der Waals surface area contributed by atoms with E-state index in [-0.39, 0.29) is 17.0 Å². The molecule has 2 aliphatic rings. The average Bonchev–Trinajstić information content (AvgIpc) is 3.36. The fourth-order valence-corrected chi connectivity index (χ4v) is 4.86. The first-order valence-electron chi connectivity index (χ1n) is 9.12. The number of carbonyl (C=O) groups is 1. The van der Waals surface area contributed by atoms with Gasteiger partial charge in [0.25, 0.3) is 0 Å². The van der Waals surface area contributed by atoms with Crippen molar-refractivity contribution < 1.29 is 14.3 Å². The molecule has 1 aromatic heterocycles. The molecule has 0 bridgehead atoms. The molecule has 1 unspecified atom stereocenters. The van der Waals surface area contributed by atoms with Gasteiger partial charge in [-0.2, -0.15) is 0 Å². The lowest BCUT2D eigenvalue weighted by Crippen LogP contribution is -2.26. The third kappa shape index (κ3) is 3.14. The number of halogens is 2. The maximum Gasteiger partial charge on any atom is 0.341 e. The average molecular weight is 438 g/mol. The smallest absolute Gasteiger partial charge is 0.341 e. The maximum atomic E-state index is 15.0. The Morgan fingerprint density at radius 1 is 1.41 bits per heavy atom. The topological polar surface area (TPSA) is 74.6 Å². The van der Waals surface area contributed by atoms with Crippen LogP contribution in [0.2, 0.25) is 0 Å². The molecule has 27 heavy (non-hydrogen) atoms. The first kappa shape index (κ1) is 18.4. The molecule has 144 valence electrons. The number of fused-ring (bicyclic) bond motifs is 1. The van der Waals surface area contributed by atoms with E-state index in [1.54, 1.807) is 0 Å². The number of aromatic nitrogens is 1. The highest BCUT2D eigenvalue weighted by atomic mass is 79.9. The number of carboxylic acid groups (broad SMARTS) is 1. The highest BCUT2D eigenvalue weighted by Gasteiger charge is 2.31. The molecule has 0 amide bonds. The highest BCUT2D eigenvalue weighted by molar-refractivity contribution is 9.10. The van der Waals surface area contributed by atoms with Gasteiger partial charge < -0.3 is 19.9 Å². The molecule has 6 nitrogen and oxygen atoms in total. The molecule has 1 aliphatic heterocycles. The van der Waals surface area contributed by atoms with Crippen molar-refractivity contribution in [2.24, 2.45) is 5.92 Å². The fourth-order valence-electron chi connectivity index (χ4n) is 4.01. The zero-order chi connectivity index (χ0) is 19.3. The van der Waals surface area contributed by atoms with Crippen LogP contribution in [0, 0.1) is 11.7 Å². The number of nitrogens with one attached hydrogen (secondary N) is 1. The van der Waals surface area contributed by atoms with E-state index in [4.69, 9.17) is 0 Å². The summed E-state index contributed by atoms with van der Waals surface area (Å²) in [6.07, 6.45) is 4.22. The zero-order valence-corrected chi connectivity index (χ0v) is 16.6. The molecule has 1 saturated carbocycles. The van der Waals surface area contributed by atoms with Crippen molar-refractivity contribution in [2.45, 2.75) is 25.3 Å². The van der Waals surface area contributed by atoms with Crippen LogP contribution < -0.4 is 15.6 Å². The molecule has 1 saturated heterocycles. The number of benzene rings is 1. The number of rotatable bonds is 5. The first-order valence-corrected chi connectivity index (χ1v) is 9.91. The molecule has 2 N–H and O–H groups in total. The number of aromatic carboxylic acids is 1. The van der Waals surface area contributed by atoms with E-state index in [1.165, 1.54) is 12.3 Å². The summed E-state index contributed by atoms with van der Waals surface area (Å²) < 4.78 is 17.4. The molecular weight excluding hydrogens is 417 g/mol. The van der Waals surface area contributed by atoms with Gasteiger partial charge in [-0.25, -0.2) is 9.18 Å². The molecule has 8 heteroatoms. The van der Waals surface area contributed by atoms with Gasteiger partial charge in [0.1, 0.15) is 11.4 Å². The highest BCUT2D eigenvalue weighted by Crippen LogP contribution is 2.43. The van der Waals surface area contributed by atoms with Crippen molar-refractivity contribution in [1.82, 2.24) is 9.88 Å². The van der Waals surface area contributed by atoms with E-state index < -0.39 is 17.2 Å². The third-order valence-electron chi connectivity index (χ3n) is 5.45. The van der Waals surface area contributed by atoms with Gasteiger partial charge >= 0.3 is 5.97 Å². The van der Waals surface area contributed by atoms with Crippen LogP contribution in [0.1, 0.15) is 35.7 Å². The maximum absolute atomic E-state index is 15.0. The predicted molar refractivity (Wildman–Crippen MR) is 105 cm³/mol. The fraction of sp³-hybridized carbons (Fsp3) is 0.474.